The molecule has 3 rings (SSSR count). The first-order chi connectivity index (χ1) is 13.1. The van der Waals surface area contributed by atoms with E-state index >= 15 is 0 Å². The minimum Gasteiger partial charge on any atom is -1.00 e. The van der Waals surface area contributed by atoms with Crippen molar-refractivity contribution in [1.29, 1.82) is 0 Å². The Morgan fingerprint density at radius 3 is 1.39 bits per heavy atom. The Morgan fingerprint density at radius 2 is 1.03 bits per heavy atom. The Labute approximate surface area is 212 Å². The van der Waals surface area contributed by atoms with E-state index in [4.69, 9.17) is 4.98 Å². The number of hydrogen-bond acceptors (Lipinski definition) is 5. The predicted molar refractivity (Wildman–Crippen MR) is 114 cm³/mol. The number of halogens is 3. The van der Waals surface area contributed by atoms with Crippen molar-refractivity contribution in [2.24, 2.45) is 10.2 Å². The molecular weight excluding hydrogens is 500 g/mol. The summed E-state index contributed by atoms with van der Waals surface area (Å²) in [5.74, 6) is 0. The van der Waals surface area contributed by atoms with Crippen molar-refractivity contribution in [3.8, 4) is 0 Å². The predicted octanol–water partition coefficient (Wildman–Crippen LogP) is -3.93. The molecule has 0 saturated carbocycles. The number of benzene rings is 2. The van der Waals surface area contributed by atoms with E-state index in [0.717, 1.165) is 39.7 Å². The van der Waals surface area contributed by atoms with E-state index in [1.807, 2.05) is 93.6 Å². The fourth-order valence-corrected chi connectivity index (χ4v) is 2.47. The fourth-order valence-electron chi connectivity index (χ4n) is 2.47. The fraction of sp³-hybridized carbons (Fsp3) is 0.136. The Bertz CT molecular complexity index is 892. The van der Waals surface area contributed by atoms with Crippen LogP contribution in [0.25, 0.3) is 0 Å². The van der Waals surface area contributed by atoms with E-state index in [0.29, 0.717) is 0 Å². The van der Waals surface area contributed by atoms with Gasteiger partial charge in [0.15, 0.2) is 0 Å². The smallest absolute Gasteiger partial charge is 1.00 e. The van der Waals surface area contributed by atoms with Crippen LogP contribution in [-0.2, 0) is 16.8 Å². The molecule has 0 fully saturated rings. The molecule has 5 nitrogen and oxygen atoms in total. The number of pyridine rings is 1. The first-order valence-corrected chi connectivity index (χ1v) is 8.82. The SMILES string of the molecule is CC(=NNc1ccccc1)c1cc(C)cc(C(C)=NNc2ccccc2)n1.[Cl-].[Cl-].[Cl-].[Co+3]. The van der Waals surface area contributed by atoms with E-state index in [1.54, 1.807) is 0 Å². The molecule has 0 spiro atoms. The van der Waals surface area contributed by atoms with E-state index in [9.17, 15) is 0 Å². The third-order valence-electron chi connectivity index (χ3n) is 3.96. The summed E-state index contributed by atoms with van der Waals surface area (Å²) in [6.45, 7) is 5.93. The molecule has 1 heterocycles. The summed E-state index contributed by atoms with van der Waals surface area (Å²) in [5.41, 5.74) is 12.4. The second kappa shape index (κ2) is 15.7. The number of rotatable bonds is 6. The maximum atomic E-state index is 4.72. The molecule has 0 radical (unpaired) electrons. The van der Waals surface area contributed by atoms with Crippen LogP contribution >= 0.6 is 0 Å². The molecule has 0 aliphatic heterocycles. The maximum Gasteiger partial charge on any atom is 3.00 e. The molecule has 0 unspecified atom stereocenters. The Balaban J connectivity index is 0. The summed E-state index contributed by atoms with van der Waals surface area (Å²) in [4.78, 5) is 4.72. The minimum atomic E-state index is 0. The largest absolute Gasteiger partial charge is 3.00 e. The van der Waals surface area contributed by atoms with Crippen molar-refractivity contribution in [3.05, 3.63) is 89.7 Å². The van der Waals surface area contributed by atoms with Gasteiger partial charge in [-0.05, 0) is 62.7 Å². The number of para-hydroxylation sites is 2. The summed E-state index contributed by atoms with van der Waals surface area (Å²) in [6, 6.07) is 23.7. The van der Waals surface area contributed by atoms with Crippen LogP contribution < -0.4 is 48.1 Å². The van der Waals surface area contributed by atoms with Crippen LogP contribution in [0.4, 0.5) is 11.4 Å². The monoisotopic (exact) mass is 521 g/mol. The third kappa shape index (κ3) is 9.72. The molecule has 1 aromatic heterocycles. The summed E-state index contributed by atoms with van der Waals surface area (Å²) in [6.07, 6.45) is 0. The molecule has 0 bridgehead atoms. The van der Waals surface area contributed by atoms with Gasteiger partial charge in [0.25, 0.3) is 0 Å². The van der Waals surface area contributed by atoms with Gasteiger partial charge in [-0.1, -0.05) is 36.4 Å². The Hall–Kier alpha value is -2.09. The van der Waals surface area contributed by atoms with Crippen LogP contribution in [0.3, 0.4) is 0 Å². The maximum absolute atomic E-state index is 4.72. The standard InChI is InChI=1S/C22H23N5.3ClH.Co/c1-16-14-21(17(2)24-26-19-10-6-4-7-11-19)23-22(15-16)18(3)25-27-20-12-8-5-9-13-20;;;;/h4-15,26-27H,1-3H3;3*1H;/q;;;;+3/p-3. The average molecular weight is 523 g/mol. The van der Waals surface area contributed by atoms with Gasteiger partial charge in [-0.3, -0.25) is 10.9 Å². The van der Waals surface area contributed by atoms with Gasteiger partial charge < -0.3 is 37.2 Å². The molecule has 0 aliphatic carbocycles. The minimum absolute atomic E-state index is 0. The van der Waals surface area contributed by atoms with Crippen LogP contribution in [0.1, 0.15) is 30.8 Å². The Kier molecular flexibility index (Phi) is 15.7. The van der Waals surface area contributed by atoms with Gasteiger partial charge >= 0.3 is 16.8 Å². The second-order valence-electron chi connectivity index (χ2n) is 6.27. The van der Waals surface area contributed by atoms with Crippen molar-refractivity contribution in [1.82, 2.24) is 4.98 Å². The summed E-state index contributed by atoms with van der Waals surface area (Å²) in [5, 5.41) is 8.90. The first kappa shape index (κ1) is 31.1. The normalized spacial score (nSPS) is 10.4. The molecule has 3 aromatic rings. The first-order valence-electron chi connectivity index (χ1n) is 8.82. The van der Waals surface area contributed by atoms with E-state index < -0.39 is 0 Å². The second-order valence-corrected chi connectivity index (χ2v) is 6.27. The molecule has 166 valence electrons. The van der Waals surface area contributed by atoms with Gasteiger partial charge in [0.05, 0.1) is 34.2 Å². The summed E-state index contributed by atoms with van der Waals surface area (Å²) in [7, 11) is 0. The Morgan fingerprint density at radius 1 is 0.677 bits per heavy atom. The zero-order valence-corrected chi connectivity index (χ0v) is 20.5. The van der Waals surface area contributed by atoms with Crippen molar-refractivity contribution >= 4 is 22.8 Å². The molecule has 2 aromatic carbocycles. The molecule has 0 amide bonds. The van der Waals surface area contributed by atoms with Crippen LogP contribution in [0.5, 0.6) is 0 Å². The number of nitrogens with one attached hydrogen (secondary N) is 2. The topological polar surface area (TPSA) is 61.7 Å². The van der Waals surface area contributed by atoms with Gasteiger partial charge in [-0.15, -0.1) is 0 Å². The van der Waals surface area contributed by atoms with E-state index in [-0.39, 0.29) is 54.0 Å². The van der Waals surface area contributed by atoms with Crippen molar-refractivity contribution in [2.75, 3.05) is 10.9 Å². The van der Waals surface area contributed by atoms with Gasteiger partial charge in [0, 0.05) is 0 Å². The molecule has 9 heteroatoms. The molecule has 0 atom stereocenters. The van der Waals surface area contributed by atoms with Crippen LogP contribution in [-0.4, -0.2) is 16.4 Å². The summed E-state index contributed by atoms with van der Waals surface area (Å²) < 4.78 is 0. The number of anilines is 2. The number of aryl methyl sites for hydroxylation is 1. The number of hydrazone groups is 2. The number of aromatic nitrogens is 1. The molecule has 0 aliphatic rings. The molecular formula is C22H23Cl3CoN5. The van der Waals surface area contributed by atoms with Gasteiger partial charge in [0.1, 0.15) is 0 Å². The van der Waals surface area contributed by atoms with Crippen LogP contribution in [0, 0.1) is 6.92 Å². The molecule has 0 saturated heterocycles. The number of nitrogens with zero attached hydrogens (tertiary/aromatic N) is 3. The van der Waals surface area contributed by atoms with Crippen molar-refractivity contribution < 1.29 is 54.0 Å². The van der Waals surface area contributed by atoms with Gasteiger partial charge in [-0.2, -0.15) is 10.2 Å². The molecule has 2 N–H and O–H groups in total. The van der Waals surface area contributed by atoms with Gasteiger partial charge in [-0.25, -0.2) is 4.98 Å². The molecule has 31 heavy (non-hydrogen) atoms. The quantitative estimate of drug-likeness (QED) is 0.257. The zero-order valence-electron chi connectivity index (χ0n) is 17.2. The van der Waals surface area contributed by atoms with Gasteiger partial charge in [0.2, 0.25) is 0 Å². The third-order valence-corrected chi connectivity index (χ3v) is 3.96. The number of hydrogen-bond donors (Lipinski definition) is 2. The van der Waals surface area contributed by atoms with Crippen molar-refractivity contribution in [2.45, 2.75) is 20.8 Å². The van der Waals surface area contributed by atoms with E-state index in [1.165, 1.54) is 0 Å². The van der Waals surface area contributed by atoms with Crippen LogP contribution in [0.2, 0.25) is 0 Å². The van der Waals surface area contributed by atoms with Crippen molar-refractivity contribution in [3.63, 3.8) is 0 Å². The summed E-state index contributed by atoms with van der Waals surface area (Å²) >= 11 is 0. The average Bonchev–Trinajstić information content (AvgIpc) is 2.71. The van der Waals surface area contributed by atoms with Crippen LogP contribution in [0.15, 0.2) is 83.0 Å². The van der Waals surface area contributed by atoms with E-state index in [2.05, 4.69) is 21.1 Å². The zero-order chi connectivity index (χ0) is 19.1.